The van der Waals surface area contributed by atoms with Crippen LogP contribution in [0.4, 0.5) is 0 Å². The minimum atomic E-state index is -0.241. The number of aliphatic hydroxyl groups is 1. The lowest BCUT2D eigenvalue weighted by Crippen LogP contribution is -2.44. The molecule has 0 amide bonds. The summed E-state index contributed by atoms with van der Waals surface area (Å²) in [5, 5.41) is 11.3. The number of thiophene rings is 1. The first-order valence-corrected chi connectivity index (χ1v) is 11.2. The lowest BCUT2D eigenvalue weighted by atomic mass is 9.79. The summed E-state index contributed by atoms with van der Waals surface area (Å²) in [5.41, 5.74) is 7.76. The summed E-state index contributed by atoms with van der Waals surface area (Å²) in [6.45, 7) is 4.22. The quantitative estimate of drug-likeness (QED) is 0.698. The van der Waals surface area contributed by atoms with E-state index in [0.717, 1.165) is 73.9 Å². The Balaban J connectivity index is 0.00000225. The predicted octanol–water partition coefficient (Wildman–Crippen LogP) is 4.73. The van der Waals surface area contributed by atoms with E-state index in [2.05, 4.69) is 16.9 Å². The van der Waals surface area contributed by atoms with Crippen molar-refractivity contribution in [2.24, 2.45) is 5.73 Å². The first-order chi connectivity index (χ1) is 13.0. The Labute approximate surface area is 177 Å². The molecule has 2 aromatic rings. The van der Waals surface area contributed by atoms with Gasteiger partial charge in [-0.3, -0.25) is 0 Å². The highest BCUT2D eigenvalue weighted by Crippen LogP contribution is 2.48. The van der Waals surface area contributed by atoms with Crippen LogP contribution in [0.15, 0.2) is 6.33 Å². The number of nitrogens with two attached hydrogens (primary N) is 1. The van der Waals surface area contributed by atoms with Crippen LogP contribution in [0.1, 0.15) is 81.6 Å². The smallest absolute Gasteiger partial charge is 0.225 e. The summed E-state index contributed by atoms with van der Waals surface area (Å²) in [6.07, 6.45) is 10.4. The van der Waals surface area contributed by atoms with Crippen molar-refractivity contribution in [3.05, 3.63) is 16.8 Å². The highest BCUT2D eigenvalue weighted by Gasteiger charge is 2.34. The number of rotatable bonds is 6. The lowest BCUT2D eigenvalue weighted by Gasteiger charge is -2.36. The molecule has 3 N–H and O–H groups in total. The van der Waals surface area contributed by atoms with E-state index >= 15 is 0 Å². The maximum absolute atomic E-state index is 10.2. The SMILES string of the molecule is CC[C@@H](O)C[C@H]1CCc2sc3ncnc(OC4CCC(N)(CC)CC4)c3c21.Cl. The Hall–Kier alpha value is -0.950. The third-order valence-corrected chi connectivity index (χ3v) is 7.81. The molecule has 2 aromatic heterocycles. The number of hydrogen-bond acceptors (Lipinski definition) is 6. The van der Waals surface area contributed by atoms with Crippen molar-refractivity contribution in [2.75, 3.05) is 0 Å². The zero-order chi connectivity index (χ0) is 19.0. The third kappa shape index (κ3) is 4.16. The Kier molecular flexibility index (Phi) is 6.85. The molecule has 28 heavy (non-hydrogen) atoms. The molecule has 2 atom stereocenters. The standard InChI is InChI=1S/C21H31N3O2S.ClH/c1-3-14(25)11-13-5-6-16-17(13)18-19(23-12-24-20(18)27-16)26-15-7-9-21(22,4-2)10-8-15;/h12-15,25H,3-11,22H2,1-2H3;1H/t13-,14-,15?,21?;/m1./s1. The van der Waals surface area contributed by atoms with Gasteiger partial charge < -0.3 is 15.6 Å². The van der Waals surface area contributed by atoms with Crippen LogP contribution < -0.4 is 10.5 Å². The molecule has 2 aliphatic rings. The fourth-order valence-corrected chi connectivity index (χ4v) is 5.89. The number of nitrogens with zero attached hydrogens (tertiary/aromatic N) is 2. The molecule has 0 aliphatic heterocycles. The second kappa shape index (κ2) is 8.82. The number of halogens is 1. The van der Waals surface area contributed by atoms with Gasteiger partial charge >= 0.3 is 0 Å². The average Bonchev–Trinajstić information content (AvgIpc) is 3.24. The maximum Gasteiger partial charge on any atom is 0.225 e. The number of aliphatic hydroxyl groups excluding tert-OH is 1. The number of hydrogen-bond donors (Lipinski definition) is 2. The summed E-state index contributed by atoms with van der Waals surface area (Å²) in [5.74, 6) is 1.13. The largest absolute Gasteiger partial charge is 0.474 e. The summed E-state index contributed by atoms with van der Waals surface area (Å²) in [4.78, 5) is 11.5. The molecule has 0 unspecified atom stereocenters. The van der Waals surface area contributed by atoms with Crippen LogP contribution in [0.5, 0.6) is 5.88 Å². The first kappa shape index (κ1) is 21.8. The summed E-state index contributed by atoms with van der Waals surface area (Å²) in [6, 6.07) is 0. The van der Waals surface area contributed by atoms with Crippen LogP contribution in [-0.4, -0.2) is 32.8 Å². The first-order valence-electron chi connectivity index (χ1n) is 10.4. The topological polar surface area (TPSA) is 81.3 Å². The molecule has 5 nitrogen and oxygen atoms in total. The van der Waals surface area contributed by atoms with E-state index in [1.807, 2.05) is 6.92 Å². The van der Waals surface area contributed by atoms with Crippen LogP contribution in [0.25, 0.3) is 10.2 Å². The minimum Gasteiger partial charge on any atom is -0.474 e. The van der Waals surface area contributed by atoms with Gasteiger partial charge in [0.05, 0.1) is 11.5 Å². The molecular formula is C21H32ClN3O2S. The van der Waals surface area contributed by atoms with Gasteiger partial charge in [0.25, 0.3) is 0 Å². The molecule has 0 spiro atoms. The average molecular weight is 426 g/mol. The van der Waals surface area contributed by atoms with Crippen LogP contribution in [-0.2, 0) is 6.42 Å². The number of ether oxygens (including phenoxy) is 1. The molecule has 7 heteroatoms. The number of aryl methyl sites for hydroxylation is 1. The normalized spacial score (nSPS) is 28.0. The van der Waals surface area contributed by atoms with Gasteiger partial charge in [-0.15, -0.1) is 23.7 Å². The molecule has 0 aromatic carbocycles. The minimum absolute atomic E-state index is 0. The Morgan fingerprint density at radius 1 is 1.29 bits per heavy atom. The van der Waals surface area contributed by atoms with Gasteiger partial charge in [-0.2, -0.15) is 0 Å². The molecule has 4 rings (SSSR count). The number of aromatic nitrogens is 2. The molecule has 1 saturated carbocycles. The molecular weight excluding hydrogens is 394 g/mol. The summed E-state index contributed by atoms with van der Waals surface area (Å²) in [7, 11) is 0. The van der Waals surface area contributed by atoms with Gasteiger partial charge in [0.1, 0.15) is 17.3 Å². The summed E-state index contributed by atoms with van der Waals surface area (Å²) >= 11 is 1.77. The number of fused-ring (bicyclic) bond motifs is 3. The van der Waals surface area contributed by atoms with Crippen molar-refractivity contribution < 1.29 is 9.84 Å². The van der Waals surface area contributed by atoms with Gasteiger partial charge in [0.15, 0.2) is 0 Å². The fourth-order valence-electron chi connectivity index (χ4n) is 4.66. The molecule has 0 saturated heterocycles. The van der Waals surface area contributed by atoms with E-state index in [-0.39, 0.29) is 30.2 Å². The monoisotopic (exact) mass is 425 g/mol. The molecule has 2 aliphatic carbocycles. The maximum atomic E-state index is 10.2. The van der Waals surface area contributed by atoms with E-state index in [1.165, 1.54) is 10.4 Å². The highest BCUT2D eigenvalue weighted by atomic mass is 35.5. The van der Waals surface area contributed by atoms with Crippen LogP contribution >= 0.6 is 23.7 Å². The van der Waals surface area contributed by atoms with E-state index < -0.39 is 0 Å². The van der Waals surface area contributed by atoms with E-state index in [1.54, 1.807) is 17.7 Å². The van der Waals surface area contributed by atoms with E-state index in [0.29, 0.717) is 5.92 Å². The van der Waals surface area contributed by atoms with Crippen LogP contribution in [0.2, 0.25) is 0 Å². The van der Waals surface area contributed by atoms with E-state index in [4.69, 9.17) is 10.5 Å². The fraction of sp³-hybridized carbons (Fsp3) is 0.714. The second-order valence-electron chi connectivity index (χ2n) is 8.36. The summed E-state index contributed by atoms with van der Waals surface area (Å²) < 4.78 is 6.41. The van der Waals surface area contributed by atoms with Gasteiger partial charge in [0, 0.05) is 10.4 Å². The van der Waals surface area contributed by atoms with Gasteiger partial charge in [-0.05, 0) is 69.3 Å². The predicted molar refractivity (Wildman–Crippen MR) is 117 cm³/mol. The van der Waals surface area contributed by atoms with E-state index in [9.17, 15) is 5.11 Å². The van der Waals surface area contributed by atoms with Crippen molar-refractivity contribution in [3.8, 4) is 5.88 Å². The van der Waals surface area contributed by atoms with Crippen molar-refractivity contribution in [1.29, 1.82) is 0 Å². The second-order valence-corrected chi connectivity index (χ2v) is 9.45. The van der Waals surface area contributed by atoms with Crippen molar-refractivity contribution in [2.45, 2.75) is 95.3 Å². The Bertz CT molecular complexity index is 804. The van der Waals surface area contributed by atoms with Gasteiger partial charge in [0.2, 0.25) is 5.88 Å². The zero-order valence-electron chi connectivity index (χ0n) is 16.8. The van der Waals surface area contributed by atoms with Crippen molar-refractivity contribution in [3.63, 3.8) is 0 Å². The highest BCUT2D eigenvalue weighted by molar-refractivity contribution is 7.19. The van der Waals surface area contributed by atoms with Gasteiger partial charge in [-0.1, -0.05) is 13.8 Å². The molecule has 2 heterocycles. The Morgan fingerprint density at radius 2 is 2.04 bits per heavy atom. The van der Waals surface area contributed by atoms with Crippen LogP contribution in [0.3, 0.4) is 0 Å². The molecule has 156 valence electrons. The lowest BCUT2D eigenvalue weighted by molar-refractivity contribution is 0.113. The van der Waals surface area contributed by atoms with Gasteiger partial charge in [-0.25, -0.2) is 9.97 Å². The molecule has 1 fully saturated rings. The molecule has 0 radical (unpaired) electrons. The zero-order valence-corrected chi connectivity index (χ0v) is 18.5. The Morgan fingerprint density at radius 3 is 2.71 bits per heavy atom. The molecule has 0 bridgehead atoms. The van der Waals surface area contributed by atoms with Crippen LogP contribution in [0, 0.1) is 0 Å². The van der Waals surface area contributed by atoms with Crippen molar-refractivity contribution in [1.82, 2.24) is 9.97 Å². The third-order valence-electron chi connectivity index (χ3n) is 6.63. The van der Waals surface area contributed by atoms with Crippen molar-refractivity contribution >= 4 is 34.0 Å².